The summed E-state index contributed by atoms with van der Waals surface area (Å²) in [7, 11) is 0. The number of hydrogen-bond acceptors (Lipinski definition) is 8. The van der Waals surface area contributed by atoms with E-state index in [9.17, 15) is 19.7 Å². The highest BCUT2D eigenvalue weighted by Gasteiger charge is 2.22. The molecule has 0 atom stereocenters. The summed E-state index contributed by atoms with van der Waals surface area (Å²) in [5, 5.41) is 11.6. The average Bonchev–Trinajstić information content (AvgIpc) is 2.99. The van der Waals surface area contributed by atoms with Gasteiger partial charge in [0.1, 0.15) is 0 Å². The molecule has 2 aromatic rings. The fourth-order valence-corrected chi connectivity index (χ4v) is 2.95. The first kappa shape index (κ1) is 18.0. The number of halogens is 1. The summed E-state index contributed by atoms with van der Waals surface area (Å²) in [4.78, 5) is 37.9. The van der Waals surface area contributed by atoms with Crippen molar-refractivity contribution in [2.75, 3.05) is 17.7 Å². The van der Waals surface area contributed by atoms with Crippen molar-refractivity contribution in [2.45, 2.75) is 6.42 Å². The molecular weight excluding hydrogens is 402 g/mol. The van der Waals surface area contributed by atoms with Gasteiger partial charge in [0.2, 0.25) is 5.78 Å². The molecule has 126 valence electrons. The minimum atomic E-state index is -0.971. The number of ketones is 1. The van der Waals surface area contributed by atoms with E-state index in [1.165, 1.54) is 6.20 Å². The van der Waals surface area contributed by atoms with Gasteiger partial charge in [0.05, 0.1) is 27.3 Å². The molecule has 0 aliphatic rings. The number of carbonyl (C=O) groups is 2. The lowest BCUT2D eigenvalue weighted by Gasteiger charge is -2.07. The lowest BCUT2D eigenvalue weighted by molar-refractivity contribution is -0.384. The smallest absolute Gasteiger partial charge is 0.375 e. The largest absolute Gasteiger partial charge is 0.460 e. The summed E-state index contributed by atoms with van der Waals surface area (Å²) < 4.78 is 4.81. The van der Waals surface area contributed by atoms with Crippen LogP contribution in [0.1, 0.15) is 5.56 Å². The monoisotopic (exact) mass is 413 g/mol. The first-order valence-corrected chi connectivity index (χ1v) is 8.61. The molecule has 2 N–H and O–H groups in total. The molecule has 0 saturated carbocycles. The Morgan fingerprint density at radius 3 is 2.75 bits per heavy atom. The molecule has 24 heavy (non-hydrogen) atoms. The van der Waals surface area contributed by atoms with Gasteiger partial charge in [-0.25, -0.2) is 9.78 Å². The number of benzene rings is 1. The van der Waals surface area contributed by atoms with Gasteiger partial charge in [0, 0.05) is 18.2 Å². The van der Waals surface area contributed by atoms with Crippen LogP contribution in [0.15, 0.2) is 24.4 Å². The van der Waals surface area contributed by atoms with Gasteiger partial charge in [-0.1, -0.05) is 39.4 Å². The summed E-state index contributed by atoms with van der Waals surface area (Å²) in [5.41, 5.74) is 6.28. The van der Waals surface area contributed by atoms with E-state index in [1.807, 2.05) is 0 Å². The van der Waals surface area contributed by atoms with Crippen LogP contribution in [0.25, 0.3) is 10.4 Å². The van der Waals surface area contributed by atoms with Crippen LogP contribution in [0, 0.1) is 10.1 Å². The van der Waals surface area contributed by atoms with Crippen molar-refractivity contribution in [3.63, 3.8) is 0 Å². The highest BCUT2D eigenvalue weighted by molar-refractivity contribution is 9.09. The zero-order chi connectivity index (χ0) is 17.7. The fraction of sp³-hybridized carbons (Fsp3) is 0.214. The van der Waals surface area contributed by atoms with E-state index in [2.05, 4.69) is 20.9 Å². The zero-order valence-electron chi connectivity index (χ0n) is 12.2. The number of esters is 1. The van der Waals surface area contributed by atoms with Crippen LogP contribution in [-0.4, -0.2) is 33.6 Å². The minimum absolute atomic E-state index is 0.0935. The molecule has 0 aliphatic carbocycles. The number of nitrogens with zero attached hydrogens (tertiary/aromatic N) is 2. The number of hydrogen-bond donors (Lipinski definition) is 1. The lowest BCUT2D eigenvalue weighted by atomic mass is 10.0. The van der Waals surface area contributed by atoms with E-state index >= 15 is 0 Å². The third-order valence-electron chi connectivity index (χ3n) is 3.04. The molecule has 1 heterocycles. The standard InChI is InChI=1S/C14H12BrN3O5S/c15-6-10(19)13(20)23-5-4-8-2-1-3-9(12(8)18(21)22)11-7-17-14(16)24-11/h1-3,7H,4-6H2,(H2,16,17). The summed E-state index contributed by atoms with van der Waals surface area (Å²) >= 11 is 4.01. The number of nitrogens with two attached hydrogens (primary N) is 1. The Morgan fingerprint density at radius 1 is 1.42 bits per heavy atom. The Kier molecular flexibility index (Phi) is 5.99. The fourth-order valence-electron chi connectivity index (χ4n) is 2.01. The quantitative estimate of drug-likeness (QED) is 0.242. The van der Waals surface area contributed by atoms with Gasteiger partial charge in [0.15, 0.2) is 5.13 Å². The predicted molar refractivity (Wildman–Crippen MR) is 92.1 cm³/mol. The average molecular weight is 414 g/mol. The number of anilines is 1. The van der Waals surface area contributed by atoms with Crippen molar-refractivity contribution in [3.05, 3.63) is 40.1 Å². The second-order valence-electron chi connectivity index (χ2n) is 4.58. The molecule has 8 nitrogen and oxygen atoms in total. The highest BCUT2D eigenvalue weighted by Crippen LogP contribution is 2.36. The molecule has 10 heteroatoms. The topological polar surface area (TPSA) is 125 Å². The lowest BCUT2D eigenvalue weighted by Crippen LogP contribution is -2.19. The Bertz CT molecular complexity index is 792. The number of nitro groups is 1. The van der Waals surface area contributed by atoms with Crippen molar-refractivity contribution in [3.8, 4) is 10.4 Å². The molecule has 0 amide bonds. The number of para-hydroxylation sites is 1. The number of Topliss-reactive ketones (excluding diaryl/α,β-unsaturated/α-hetero) is 1. The van der Waals surface area contributed by atoms with Crippen molar-refractivity contribution in [1.29, 1.82) is 0 Å². The molecule has 1 aromatic carbocycles. The van der Waals surface area contributed by atoms with E-state index in [-0.39, 0.29) is 24.0 Å². The van der Waals surface area contributed by atoms with Crippen LogP contribution in [0.3, 0.4) is 0 Å². The molecule has 0 saturated heterocycles. The second kappa shape index (κ2) is 7.97. The second-order valence-corrected chi connectivity index (χ2v) is 6.20. The normalized spacial score (nSPS) is 10.4. The molecular formula is C14H12BrN3O5S. The van der Waals surface area contributed by atoms with Crippen molar-refractivity contribution in [2.24, 2.45) is 0 Å². The Morgan fingerprint density at radius 2 is 2.17 bits per heavy atom. The van der Waals surface area contributed by atoms with Crippen LogP contribution in [0.2, 0.25) is 0 Å². The Hall–Kier alpha value is -2.33. The first-order chi connectivity index (χ1) is 11.4. The van der Waals surface area contributed by atoms with Crippen molar-refractivity contribution in [1.82, 2.24) is 4.98 Å². The van der Waals surface area contributed by atoms with Crippen LogP contribution in [0.5, 0.6) is 0 Å². The molecule has 0 bridgehead atoms. The number of aromatic nitrogens is 1. The molecule has 2 rings (SSSR count). The number of thiazole rings is 1. The van der Waals surface area contributed by atoms with E-state index in [1.54, 1.807) is 18.2 Å². The predicted octanol–water partition coefficient (Wildman–Crippen LogP) is 2.35. The van der Waals surface area contributed by atoms with Gasteiger partial charge < -0.3 is 10.5 Å². The zero-order valence-corrected chi connectivity index (χ0v) is 14.6. The molecule has 0 spiro atoms. The van der Waals surface area contributed by atoms with Gasteiger partial charge in [0.25, 0.3) is 5.69 Å². The molecule has 0 aliphatic heterocycles. The van der Waals surface area contributed by atoms with Crippen LogP contribution in [0.4, 0.5) is 10.8 Å². The van der Waals surface area contributed by atoms with Gasteiger partial charge in [-0.15, -0.1) is 0 Å². The number of carbonyl (C=O) groups excluding carboxylic acids is 2. The minimum Gasteiger partial charge on any atom is -0.460 e. The van der Waals surface area contributed by atoms with E-state index in [0.717, 1.165) is 11.3 Å². The number of ether oxygens (including phenoxy) is 1. The van der Waals surface area contributed by atoms with E-state index < -0.39 is 16.7 Å². The maximum atomic E-state index is 11.5. The highest BCUT2D eigenvalue weighted by atomic mass is 79.9. The molecule has 0 radical (unpaired) electrons. The van der Waals surface area contributed by atoms with Crippen LogP contribution in [-0.2, 0) is 20.7 Å². The van der Waals surface area contributed by atoms with E-state index in [4.69, 9.17) is 10.5 Å². The van der Waals surface area contributed by atoms with E-state index in [0.29, 0.717) is 21.1 Å². The van der Waals surface area contributed by atoms with Crippen molar-refractivity contribution >= 4 is 49.8 Å². The summed E-state index contributed by atoms with van der Waals surface area (Å²) in [6, 6.07) is 4.85. The van der Waals surface area contributed by atoms with Crippen LogP contribution < -0.4 is 5.73 Å². The summed E-state index contributed by atoms with van der Waals surface area (Å²) in [6.07, 6.45) is 1.58. The van der Waals surface area contributed by atoms with Crippen LogP contribution >= 0.6 is 27.3 Å². The maximum absolute atomic E-state index is 11.5. The Labute approximate surface area is 148 Å². The number of nitrogen functional groups attached to an aromatic ring is 1. The number of nitro benzene ring substituents is 1. The van der Waals surface area contributed by atoms with Gasteiger partial charge in [-0.2, -0.15) is 0 Å². The first-order valence-electron chi connectivity index (χ1n) is 6.68. The van der Waals surface area contributed by atoms with Crippen molar-refractivity contribution < 1.29 is 19.2 Å². The Balaban J connectivity index is 2.23. The summed E-state index contributed by atoms with van der Waals surface area (Å²) in [5.74, 6) is -1.68. The summed E-state index contributed by atoms with van der Waals surface area (Å²) in [6.45, 7) is -0.132. The van der Waals surface area contributed by atoms with Gasteiger partial charge in [-0.3, -0.25) is 14.9 Å². The molecule has 0 fully saturated rings. The van der Waals surface area contributed by atoms with Gasteiger partial charge >= 0.3 is 5.97 Å². The van der Waals surface area contributed by atoms with Gasteiger partial charge in [-0.05, 0) is 6.07 Å². The third kappa shape index (κ3) is 4.15. The number of alkyl halides is 1. The molecule has 0 unspecified atom stereocenters. The third-order valence-corrected chi connectivity index (χ3v) is 4.41. The maximum Gasteiger partial charge on any atom is 0.375 e. The molecule has 1 aromatic heterocycles. The SMILES string of the molecule is Nc1ncc(-c2cccc(CCOC(=O)C(=O)CBr)c2[N+](=O)[O-])s1. The number of rotatable bonds is 7.